The molecular weight excluding hydrogens is 407 g/mol. The maximum Gasteiger partial charge on any atom is 0.417 e. The normalized spacial score (nSPS) is 13.1. The van der Waals surface area contributed by atoms with Gasteiger partial charge in [0.25, 0.3) is 5.91 Å². The zero-order valence-corrected chi connectivity index (χ0v) is 13.6. The van der Waals surface area contributed by atoms with Gasteiger partial charge in [-0.1, -0.05) is 31.9 Å². The predicted molar refractivity (Wildman–Crippen MR) is 76.1 cm³/mol. The van der Waals surface area contributed by atoms with E-state index in [1.165, 1.54) is 13.2 Å². The monoisotopic (exact) mass is 417 g/mol. The first-order valence-electron chi connectivity index (χ1n) is 5.52. The Morgan fingerprint density at radius 2 is 2.10 bits per heavy atom. The van der Waals surface area contributed by atoms with Gasteiger partial charge in [-0.25, -0.2) is 0 Å². The molecule has 20 heavy (non-hydrogen) atoms. The second kappa shape index (κ2) is 7.42. The van der Waals surface area contributed by atoms with Gasteiger partial charge in [0.15, 0.2) is 0 Å². The van der Waals surface area contributed by atoms with E-state index in [9.17, 15) is 18.0 Å². The van der Waals surface area contributed by atoms with Crippen LogP contribution in [0.25, 0.3) is 0 Å². The van der Waals surface area contributed by atoms with Crippen molar-refractivity contribution >= 4 is 37.8 Å². The Kier molecular flexibility index (Phi) is 6.47. The van der Waals surface area contributed by atoms with Gasteiger partial charge < -0.3 is 10.1 Å². The van der Waals surface area contributed by atoms with Crippen molar-refractivity contribution in [1.82, 2.24) is 5.32 Å². The average Bonchev–Trinajstić information content (AvgIpc) is 2.36. The zero-order valence-electron chi connectivity index (χ0n) is 10.4. The number of rotatable bonds is 5. The molecule has 0 bridgehead atoms. The Balaban J connectivity index is 3.04. The molecule has 0 aliphatic heterocycles. The Morgan fingerprint density at radius 1 is 1.45 bits per heavy atom. The van der Waals surface area contributed by atoms with E-state index in [4.69, 9.17) is 4.74 Å². The third-order valence-corrected chi connectivity index (χ3v) is 3.70. The van der Waals surface area contributed by atoms with Crippen molar-refractivity contribution < 1.29 is 22.7 Å². The number of methoxy groups -OCH3 is 1. The summed E-state index contributed by atoms with van der Waals surface area (Å²) in [5, 5.41) is 2.87. The van der Waals surface area contributed by atoms with Crippen molar-refractivity contribution in [2.45, 2.75) is 12.2 Å². The molecule has 0 spiro atoms. The summed E-state index contributed by atoms with van der Waals surface area (Å²) in [5.74, 6) is -0.786. The summed E-state index contributed by atoms with van der Waals surface area (Å²) in [6.07, 6.45) is -4.60. The van der Waals surface area contributed by atoms with Crippen LogP contribution in [-0.4, -0.2) is 31.0 Å². The fraction of sp³-hybridized carbons (Fsp3) is 0.417. The summed E-state index contributed by atoms with van der Waals surface area (Å²) in [6.45, 7) is 0.203. The van der Waals surface area contributed by atoms with Crippen LogP contribution in [0.3, 0.4) is 0 Å². The van der Waals surface area contributed by atoms with Crippen LogP contribution < -0.4 is 5.32 Å². The molecule has 1 aromatic carbocycles. The number of ether oxygens (including phenoxy) is 1. The smallest absolute Gasteiger partial charge is 0.383 e. The SMILES string of the molecule is COCC(CBr)NC(=O)c1ccc(Br)cc1C(F)(F)F. The largest absolute Gasteiger partial charge is 0.417 e. The summed E-state index contributed by atoms with van der Waals surface area (Å²) in [6, 6.07) is 3.01. The van der Waals surface area contributed by atoms with Crippen molar-refractivity contribution in [3.8, 4) is 0 Å². The number of benzene rings is 1. The predicted octanol–water partition coefficient (Wildman–Crippen LogP) is 3.61. The van der Waals surface area contributed by atoms with Gasteiger partial charge in [-0.05, 0) is 18.2 Å². The Labute approximate surface area is 131 Å². The van der Waals surface area contributed by atoms with Crippen molar-refractivity contribution in [3.05, 3.63) is 33.8 Å². The molecule has 0 saturated carbocycles. The van der Waals surface area contributed by atoms with Crippen LogP contribution in [0, 0.1) is 0 Å². The van der Waals surface area contributed by atoms with Gasteiger partial charge in [-0.3, -0.25) is 4.79 Å². The summed E-state index contributed by atoms with van der Waals surface area (Å²) in [5.41, 5.74) is -1.39. The maximum absolute atomic E-state index is 12.9. The van der Waals surface area contributed by atoms with Crippen LogP contribution in [0.1, 0.15) is 15.9 Å². The number of amides is 1. The van der Waals surface area contributed by atoms with E-state index in [1.807, 2.05) is 0 Å². The van der Waals surface area contributed by atoms with Gasteiger partial charge in [0.2, 0.25) is 0 Å². The van der Waals surface area contributed by atoms with Crippen LogP contribution in [0.15, 0.2) is 22.7 Å². The van der Waals surface area contributed by atoms with E-state index in [1.54, 1.807) is 0 Å². The van der Waals surface area contributed by atoms with Crippen LogP contribution in [0.2, 0.25) is 0 Å². The quantitative estimate of drug-likeness (QED) is 0.742. The number of alkyl halides is 4. The molecule has 1 aromatic rings. The Hall–Kier alpha value is -0.600. The molecule has 1 rings (SSSR count). The first-order chi connectivity index (χ1) is 9.29. The number of hydrogen-bond acceptors (Lipinski definition) is 2. The lowest BCUT2D eigenvalue weighted by Crippen LogP contribution is -2.40. The summed E-state index contributed by atoms with van der Waals surface area (Å²) >= 11 is 6.13. The topological polar surface area (TPSA) is 38.3 Å². The minimum absolute atomic E-state index is 0.203. The molecule has 112 valence electrons. The summed E-state index contributed by atoms with van der Waals surface area (Å²) < 4.78 is 43.9. The molecule has 3 nitrogen and oxygen atoms in total. The minimum Gasteiger partial charge on any atom is -0.383 e. The van der Waals surface area contributed by atoms with Gasteiger partial charge in [-0.2, -0.15) is 13.2 Å². The summed E-state index contributed by atoms with van der Waals surface area (Å²) in [7, 11) is 1.45. The van der Waals surface area contributed by atoms with Gasteiger partial charge in [-0.15, -0.1) is 0 Å². The molecule has 1 amide bonds. The molecule has 8 heteroatoms. The first-order valence-corrected chi connectivity index (χ1v) is 7.43. The Bertz CT molecular complexity index is 480. The Morgan fingerprint density at radius 3 is 2.60 bits per heavy atom. The highest BCUT2D eigenvalue weighted by Crippen LogP contribution is 2.33. The maximum atomic E-state index is 12.9. The molecule has 1 unspecified atom stereocenters. The first kappa shape index (κ1) is 17.5. The average molecular weight is 419 g/mol. The highest BCUT2D eigenvalue weighted by Gasteiger charge is 2.35. The van der Waals surface area contributed by atoms with Crippen molar-refractivity contribution in [2.75, 3.05) is 19.0 Å². The van der Waals surface area contributed by atoms with Crippen LogP contribution in [0.5, 0.6) is 0 Å². The van der Waals surface area contributed by atoms with Gasteiger partial charge in [0.1, 0.15) is 0 Å². The number of nitrogens with one attached hydrogen (secondary N) is 1. The van der Waals surface area contributed by atoms with E-state index >= 15 is 0 Å². The second-order valence-electron chi connectivity index (χ2n) is 3.97. The van der Waals surface area contributed by atoms with E-state index in [-0.39, 0.29) is 11.1 Å². The van der Waals surface area contributed by atoms with Crippen molar-refractivity contribution in [3.63, 3.8) is 0 Å². The number of hydrogen-bond donors (Lipinski definition) is 1. The fourth-order valence-corrected chi connectivity index (χ4v) is 2.25. The number of carbonyl (C=O) groups is 1. The van der Waals surface area contributed by atoms with Crippen LogP contribution in [0.4, 0.5) is 13.2 Å². The van der Waals surface area contributed by atoms with E-state index in [0.29, 0.717) is 5.33 Å². The molecule has 0 aromatic heterocycles. The lowest BCUT2D eigenvalue weighted by atomic mass is 10.1. The molecule has 0 fully saturated rings. The van der Waals surface area contributed by atoms with Crippen LogP contribution >= 0.6 is 31.9 Å². The lowest BCUT2D eigenvalue weighted by Gasteiger charge is -2.18. The van der Waals surface area contributed by atoms with Gasteiger partial charge in [0, 0.05) is 16.9 Å². The molecule has 0 radical (unpaired) electrons. The zero-order chi connectivity index (χ0) is 15.3. The molecular formula is C12H12Br2F3NO2. The number of carbonyl (C=O) groups excluding carboxylic acids is 1. The highest BCUT2D eigenvalue weighted by molar-refractivity contribution is 9.10. The third kappa shape index (κ3) is 4.75. The van der Waals surface area contributed by atoms with E-state index < -0.39 is 29.3 Å². The van der Waals surface area contributed by atoms with Crippen molar-refractivity contribution in [1.29, 1.82) is 0 Å². The lowest BCUT2D eigenvalue weighted by molar-refractivity contribution is -0.138. The molecule has 1 atom stereocenters. The number of halogens is 5. The van der Waals surface area contributed by atoms with Gasteiger partial charge in [0.05, 0.1) is 23.8 Å². The highest BCUT2D eigenvalue weighted by atomic mass is 79.9. The molecule has 0 aliphatic rings. The van der Waals surface area contributed by atoms with E-state index in [0.717, 1.165) is 12.1 Å². The molecule has 0 heterocycles. The minimum atomic E-state index is -4.60. The van der Waals surface area contributed by atoms with Gasteiger partial charge >= 0.3 is 6.18 Å². The molecule has 0 aliphatic carbocycles. The standard InChI is InChI=1S/C12H12Br2F3NO2/c1-20-6-8(5-13)18-11(19)9-3-2-7(14)4-10(9)12(15,16)17/h2-4,8H,5-6H2,1H3,(H,18,19). The fourth-order valence-electron chi connectivity index (χ4n) is 1.54. The molecule has 0 saturated heterocycles. The van der Waals surface area contributed by atoms with E-state index in [2.05, 4.69) is 37.2 Å². The van der Waals surface area contributed by atoms with Crippen molar-refractivity contribution in [2.24, 2.45) is 0 Å². The van der Waals surface area contributed by atoms with Crippen LogP contribution in [-0.2, 0) is 10.9 Å². The second-order valence-corrected chi connectivity index (χ2v) is 5.53. The molecule has 1 N–H and O–H groups in total. The third-order valence-electron chi connectivity index (χ3n) is 2.42. The summed E-state index contributed by atoms with van der Waals surface area (Å²) in [4.78, 5) is 12.0.